The van der Waals surface area contributed by atoms with Crippen LogP contribution in [-0.4, -0.2) is 17.6 Å². The molecule has 0 saturated carbocycles. The molecule has 0 fully saturated rings. The molecule has 1 aromatic carbocycles. The van der Waals surface area contributed by atoms with Gasteiger partial charge in [-0.05, 0) is 43.1 Å². The Kier molecular flexibility index (Phi) is 5.34. The molecular weight excluding hydrogens is 312 g/mol. The maximum Gasteiger partial charge on any atom is 0.194 e. The minimum Gasteiger partial charge on any atom is -0.386 e. The molecule has 0 radical (unpaired) electrons. The third-order valence-electron chi connectivity index (χ3n) is 4.25. The molecule has 1 atom stereocenters. The quantitative estimate of drug-likeness (QED) is 0.817. The SMILES string of the molecule is CC(C)(O)c1ccc(CS(N)(=O)=N[Si](C)(C)C(C)(C)C)cc1. The fraction of sp³-hybridized carbons (Fsp3) is 0.625. The van der Waals surface area contributed by atoms with Gasteiger partial charge in [-0.3, -0.25) is 4.03 Å². The van der Waals surface area contributed by atoms with Crippen LogP contribution in [0.5, 0.6) is 0 Å². The maximum absolute atomic E-state index is 12.7. The molecule has 0 aliphatic carbocycles. The van der Waals surface area contributed by atoms with Crippen LogP contribution in [0.3, 0.4) is 0 Å². The third kappa shape index (κ3) is 5.19. The second kappa shape index (κ2) is 6.07. The van der Waals surface area contributed by atoms with Gasteiger partial charge in [-0.15, -0.1) is 0 Å². The predicted octanol–water partition coefficient (Wildman–Crippen LogP) is 3.76. The fourth-order valence-corrected chi connectivity index (χ4v) is 6.92. The van der Waals surface area contributed by atoms with Crippen molar-refractivity contribution in [1.29, 1.82) is 0 Å². The van der Waals surface area contributed by atoms with Crippen LogP contribution in [0.15, 0.2) is 28.3 Å². The van der Waals surface area contributed by atoms with Crippen molar-refractivity contribution >= 4 is 18.2 Å². The van der Waals surface area contributed by atoms with Crippen LogP contribution in [0.4, 0.5) is 0 Å². The highest BCUT2D eigenvalue weighted by atomic mass is 32.2. The van der Waals surface area contributed by atoms with Crippen LogP contribution in [0, 0.1) is 0 Å². The van der Waals surface area contributed by atoms with Gasteiger partial charge in [-0.1, -0.05) is 45.0 Å². The molecule has 1 rings (SSSR count). The van der Waals surface area contributed by atoms with Gasteiger partial charge in [0.15, 0.2) is 8.24 Å². The third-order valence-corrected chi connectivity index (χ3v) is 11.7. The van der Waals surface area contributed by atoms with Gasteiger partial charge in [0.05, 0.1) is 11.4 Å². The van der Waals surface area contributed by atoms with Gasteiger partial charge in [-0.2, -0.15) is 0 Å². The number of nitrogens with two attached hydrogens (primary N) is 1. The van der Waals surface area contributed by atoms with Crippen LogP contribution >= 0.6 is 0 Å². The number of aliphatic hydroxyl groups is 1. The minimum atomic E-state index is -2.75. The van der Waals surface area contributed by atoms with E-state index >= 15 is 0 Å². The predicted molar refractivity (Wildman–Crippen MR) is 97.3 cm³/mol. The van der Waals surface area contributed by atoms with Crippen molar-refractivity contribution in [2.75, 3.05) is 0 Å². The van der Waals surface area contributed by atoms with Gasteiger partial charge in [0, 0.05) is 0 Å². The second-order valence-electron chi connectivity index (χ2n) is 7.99. The first-order valence-electron chi connectivity index (χ1n) is 7.50. The van der Waals surface area contributed by atoms with Gasteiger partial charge >= 0.3 is 0 Å². The summed E-state index contributed by atoms with van der Waals surface area (Å²) in [5.74, 6) is 0.242. The molecule has 0 saturated heterocycles. The molecule has 3 N–H and O–H groups in total. The molecule has 0 spiro atoms. The van der Waals surface area contributed by atoms with Crippen LogP contribution < -0.4 is 5.14 Å². The average Bonchev–Trinajstić information content (AvgIpc) is 2.24. The lowest BCUT2D eigenvalue weighted by Gasteiger charge is -2.32. The molecule has 0 aromatic heterocycles. The van der Waals surface area contributed by atoms with E-state index in [4.69, 9.17) is 5.14 Å². The molecule has 1 unspecified atom stereocenters. The summed E-state index contributed by atoms with van der Waals surface area (Å²) in [5.41, 5.74) is 0.817. The van der Waals surface area contributed by atoms with Gasteiger partial charge in [0.2, 0.25) is 0 Å². The highest BCUT2D eigenvalue weighted by molar-refractivity contribution is 7.91. The molecule has 0 aliphatic rings. The van der Waals surface area contributed by atoms with Crippen molar-refractivity contribution in [3.63, 3.8) is 0 Å². The summed E-state index contributed by atoms with van der Waals surface area (Å²) in [6.07, 6.45) is 0. The Labute approximate surface area is 136 Å². The number of hydrogen-bond donors (Lipinski definition) is 2. The average molecular weight is 343 g/mol. The first-order chi connectivity index (χ1) is 9.64. The number of hydrogen-bond acceptors (Lipinski definition) is 3. The van der Waals surface area contributed by atoms with E-state index in [9.17, 15) is 9.32 Å². The fourth-order valence-electron chi connectivity index (χ4n) is 1.80. The Morgan fingerprint density at radius 2 is 1.59 bits per heavy atom. The van der Waals surface area contributed by atoms with Gasteiger partial charge in [0.1, 0.15) is 9.92 Å². The topological polar surface area (TPSA) is 75.7 Å². The van der Waals surface area contributed by atoms with E-state index in [1.54, 1.807) is 13.8 Å². The first-order valence-corrected chi connectivity index (χ1v) is 12.2. The Hall–Kier alpha value is -0.693. The summed E-state index contributed by atoms with van der Waals surface area (Å²) < 4.78 is 17.3. The Bertz CT molecular complexity index is 632. The van der Waals surface area contributed by atoms with Crippen molar-refractivity contribution in [2.24, 2.45) is 9.17 Å². The van der Waals surface area contributed by atoms with Gasteiger partial charge < -0.3 is 5.11 Å². The van der Waals surface area contributed by atoms with Crippen molar-refractivity contribution in [3.05, 3.63) is 35.4 Å². The van der Waals surface area contributed by atoms with Crippen LogP contribution in [-0.2, 0) is 21.3 Å². The minimum absolute atomic E-state index is 0.0137. The molecule has 126 valence electrons. The Balaban J connectivity index is 3.06. The van der Waals surface area contributed by atoms with E-state index in [1.807, 2.05) is 24.3 Å². The molecule has 1 aromatic rings. The molecular formula is C16H30N2O2SSi. The summed E-state index contributed by atoms with van der Waals surface area (Å²) in [5, 5.41) is 16.0. The van der Waals surface area contributed by atoms with Gasteiger partial charge in [0.25, 0.3) is 0 Å². The monoisotopic (exact) mass is 342 g/mol. The lowest BCUT2D eigenvalue weighted by molar-refractivity contribution is 0.0786. The van der Waals surface area contributed by atoms with Crippen LogP contribution in [0.2, 0.25) is 18.1 Å². The zero-order valence-corrected chi connectivity index (χ0v) is 16.6. The highest BCUT2D eigenvalue weighted by Gasteiger charge is 2.37. The normalized spacial score (nSPS) is 16.2. The molecule has 0 amide bonds. The Morgan fingerprint density at radius 3 is 1.95 bits per heavy atom. The maximum atomic E-state index is 12.7. The lowest BCUT2D eigenvalue weighted by Crippen LogP contribution is -2.37. The molecule has 22 heavy (non-hydrogen) atoms. The molecule has 0 bridgehead atoms. The van der Waals surface area contributed by atoms with Crippen molar-refractivity contribution < 1.29 is 9.32 Å². The van der Waals surface area contributed by atoms with Crippen LogP contribution in [0.25, 0.3) is 0 Å². The summed E-state index contributed by atoms with van der Waals surface area (Å²) in [7, 11) is -4.80. The summed E-state index contributed by atoms with van der Waals surface area (Å²) in [4.78, 5) is 0. The summed E-state index contributed by atoms with van der Waals surface area (Å²) in [6.45, 7) is 14.0. The second-order valence-corrected chi connectivity index (χ2v) is 15.0. The molecule has 4 nitrogen and oxygen atoms in total. The first kappa shape index (κ1) is 19.4. The van der Waals surface area contributed by atoms with Crippen molar-refractivity contribution in [3.8, 4) is 0 Å². The zero-order chi connectivity index (χ0) is 17.4. The van der Waals surface area contributed by atoms with Crippen LogP contribution in [0.1, 0.15) is 45.7 Å². The molecule has 6 heteroatoms. The molecule has 0 heterocycles. The smallest absolute Gasteiger partial charge is 0.194 e. The van der Waals surface area contributed by atoms with E-state index in [-0.39, 0.29) is 10.8 Å². The lowest BCUT2D eigenvalue weighted by atomic mass is 9.98. The summed E-state index contributed by atoms with van der Waals surface area (Å²) >= 11 is 0. The number of benzene rings is 1. The number of rotatable bonds is 4. The molecule has 0 aliphatic heterocycles. The van der Waals surface area contributed by atoms with Gasteiger partial charge in [-0.25, -0.2) is 9.35 Å². The van der Waals surface area contributed by atoms with E-state index in [0.717, 1.165) is 11.1 Å². The van der Waals surface area contributed by atoms with E-state index in [1.165, 1.54) is 0 Å². The van der Waals surface area contributed by atoms with E-state index in [2.05, 4.69) is 37.9 Å². The van der Waals surface area contributed by atoms with Crippen molar-refractivity contribution in [1.82, 2.24) is 0 Å². The van der Waals surface area contributed by atoms with Crippen molar-refractivity contribution in [2.45, 2.75) is 64.1 Å². The number of nitrogens with zero attached hydrogens (tertiary/aromatic N) is 1. The summed E-state index contributed by atoms with van der Waals surface area (Å²) in [6, 6.07) is 7.41. The van der Waals surface area contributed by atoms with E-state index in [0.29, 0.717) is 0 Å². The van der Waals surface area contributed by atoms with E-state index < -0.39 is 23.8 Å². The largest absolute Gasteiger partial charge is 0.386 e. The Morgan fingerprint density at radius 1 is 1.14 bits per heavy atom. The highest BCUT2D eigenvalue weighted by Crippen LogP contribution is 2.37. The zero-order valence-electron chi connectivity index (χ0n) is 14.8. The standard InChI is InChI=1S/C16H30N2O2SSi/c1-15(2,3)22(6,7)18-21(17,20)12-13-8-10-14(11-9-13)16(4,5)19/h8-11,19H,12H2,1-7H3,(H2,17,18,20).